The molecule has 0 unspecified atom stereocenters. The second-order valence-corrected chi connectivity index (χ2v) is 4.19. The molecule has 0 atom stereocenters. The van der Waals surface area contributed by atoms with E-state index in [1.54, 1.807) is 4.90 Å². The largest absolute Gasteiger partial charge is 0.508 e. The summed E-state index contributed by atoms with van der Waals surface area (Å²) in [5.74, 6) is 0.0370. The molecule has 96 valence electrons. The normalized spacial score (nSPS) is 15.4. The molecule has 0 saturated heterocycles. The van der Waals surface area contributed by atoms with Gasteiger partial charge < -0.3 is 10.0 Å². The second kappa shape index (κ2) is 5.12. The molecule has 1 amide bonds. The van der Waals surface area contributed by atoms with Crippen molar-refractivity contribution < 1.29 is 9.90 Å². The van der Waals surface area contributed by atoms with Crippen LogP contribution in [0.15, 0.2) is 41.8 Å². The average Bonchev–Trinajstić information content (AvgIpc) is 2.69. The molecule has 1 aromatic carbocycles. The third-order valence-electron chi connectivity index (χ3n) is 3.18. The fourth-order valence-corrected chi connectivity index (χ4v) is 2.22. The molecule has 4 nitrogen and oxygen atoms in total. The number of para-hydroxylation sites is 1. The minimum absolute atomic E-state index is 0.123. The van der Waals surface area contributed by atoms with Gasteiger partial charge in [-0.2, -0.15) is 0 Å². The molecule has 1 aliphatic rings. The number of carbonyl (C=O) groups is 1. The topological polar surface area (TPSA) is 43.8 Å². The first-order valence-corrected chi connectivity index (χ1v) is 6.23. The monoisotopic (exact) mass is 246 g/mol. The highest BCUT2D eigenvalue weighted by atomic mass is 16.3. The molecule has 0 bridgehead atoms. The fraction of sp³-hybridized carbons (Fsp3) is 0.357. The van der Waals surface area contributed by atoms with Gasteiger partial charge in [-0.15, -0.1) is 0 Å². The van der Waals surface area contributed by atoms with Crippen LogP contribution in [0.1, 0.15) is 13.8 Å². The standard InChI is InChI=1S/C14H18N2O2/c1-3-15(4-2)13-12(17)10-16(14(13)18)11-8-6-5-7-9-11/h5-9,17H,3-4,10H2,1-2H3. The number of benzene rings is 1. The van der Waals surface area contributed by atoms with Crippen LogP contribution in [0.3, 0.4) is 0 Å². The van der Waals surface area contributed by atoms with Crippen molar-refractivity contribution in [2.45, 2.75) is 13.8 Å². The van der Waals surface area contributed by atoms with Crippen LogP contribution in [0.25, 0.3) is 0 Å². The SMILES string of the molecule is CCN(CC)C1=C(O)CN(c2ccccc2)C1=O. The lowest BCUT2D eigenvalue weighted by atomic mass is 10.3. The number of hydrogen-bond donors (Lipinski definition) is 1. The molecule has 0 spiro atoms. The maximum absolute atomic E-state index is 12.3. The minimum Gasteiger partial charge on any atom is -0.508 e. The highest BCUT2D eigenvalue weighted by Crippen LogP contribution is 2.26. The smallest absolute Gasteiger partial charge is 0.278 e. The number of rotatable bonds is 4. The van der Waals surface area contributed by atoms with Gasteiger partial charge in [-0.05, 0) is 26.0 Å². The molecule has 0 saturated carbocycles. The zero-order chi connectivity index (χ0) is 13.1. The van der Waals surface area contributed by atoms with Crippen molar-refractivity contribution >= 4 is 11.6 Å². The molecule has 2 rings (SSSR count). The predicted molar refractivity (Wildman–Crippen MR) is 71.4 cm³/mol. The van der Waals surface area contributed by atoms with Gasteiger partial charge in [0.2, 0.25) is 0 Å². The Hall–Kier alpha value is -1.97. The summed E-state index contributed by atoms with van der Waals surface area (Å²) in [5.41, 5.74) is 1.25. The summed E-state index contributed by atoms with van der Waals surface area (Å²) in [7, 11) is 0. The molecule has 18 heavy (non-hydrogen) atoms. The first-order valence-electron chi connectivity index (χ1n) is 6.23. The lowest BCUT2D eigenvalue weighted by Gasteiger charge is -2.22. The zero-order valence-electron chi connectivity index (χ0n) is 10.8. The Morgan fingerprint density at radius 2 is 1.83 bits per heavy atom. The van der Waals surface area contributed by atoms with Crippen molar-refractivity contribution in [3.05, 3.63) is 41.8 Å². The molecule has 1 heterocycles. The van der Waals surface area contributed by atoms with Gasteiger partial charge in [0, 0.05) is 18.8 Å². The molecular weight excluding hydrogens is 228 g/mol. The summed E-state index contributed by atoms with van der Waals surface area (Å²) in [6, 6.07) is 9.42. The van der Waals surface area contributed by atoms with E-state index in [2.05, 4.69) is 0 Å². The van der Waals surface area contributed by atoms with Crippen LogP contribution in [0.5, 0.6) is 0 Å². The van der Waals surface area contributed by atoms with Gasteiger partial charge in [-0.1, -0.05) is 18.2 Å². The van der Waals surface area contributed by atoms with Crippen molar-refractivity contribution in [1.29, 1.82) is 0 Å². The predicted octanol–water partition coefficient (Wildman–Crippen LogP) is 2.14. The van der Waals surface area contributed by atoms with E-state index >= 15 is 0 Å². The number of anilines is 1. The molecule has 0 fully saturated rings. The third kappa shape index (κ3) is 2.06. The van der Waals surface area contributed by atoms with Crippen molar-refractivity contribution in [2.75, 3.05) is 24.5 Å². The quantitative estimate of drug-likeness (QED) is 0.885. The van der Waals surface area contributed by atoms with Gasteiger partial charge in [-0.25, -0.2) is 0 Å². The lowest BCUT2D eigenvalue weighted by Crippen LogP contribution is -2.33. The van der Waals surface area contributed by atoms with E-state index < -0.39 is 0 Å². The van der Waals surface area contributed by atoms with E-state index in [9.17, 15) is 9.90 Å². The number of nitrogens with zero attached hydrogens (tertiary/aromatic N) is 2. The summed E-state index contributed by atoms with van der Waals surface area (Å²) in [6.07, 6.45) is 0. The van der Waals surface area contributed by atoms with E-state index in [1.165, 1.54) is 0 Å². The number of hydrogen-bond acceptors (Lipinski definition) is 3. The molecule has 0 aliphatic carbocycles. The van der Waals surface area contributed by atoms with Crippen LogP contribution in [0, 0.1) is 0 Å². The fourth-order valence-electron chi connectivity index (χ4n) is 2.22. The van der Waals surface area contributed by atoms with Crippen LogP contribution in [0.2, 0.25) is 0 Å². The average molecular weight is 246 g/mol. The van der Waals surface area contributed by atoms with Crippen LogP contribution in [-0.2, 0) is 4.79 Å². The Morgan fingerprint density at radius 1 is 1.22 bits per heavy atom. The summed E-state index contributed by atoms with van der Waals surface area (Å²) < 4.78 is 0. The molecule has 4 heteroatoms. The van der Waals surface area contributed by atoms with E-state index in [0.717, 1.165) is 5.69 Å². The number of carbonyl (C=O) groups excluding carboxylic acids is 1. The van der Waals surface area contributed by atoms with Gasteiger partial charge in [0.25, 0.3) is 5.91 Å². The number of aliphatic hydroxyl groups excluding tert-OH is 1. The van der Waals surface area contributed by atoms with Crippen molar-refractivity contribution in [1.82, 2.24) is 4.90 Å². The van der Waals surface area contributed by atoms with E-state index in [4.69, 9.17) is 0 Å². The third-order valence-corrected chi connectivity index (χ3v) is 3.18. The van der Waals surface area contributed by atoms with Crippen LogP contribution < -0.4 is 4.90 Å². The van der Waals surface area contributed by atoms with Gasteiger partial charge in [0.05, 0.1) is 6.54 Å². The highest BCUT2D eigenvalue weighted by Gasteiger charge is 2.33. The zero-order valence-corrected chi connectivity index (χ0v) is 10.8. The van der Waals surface area contributed by atoms with Crippen LogP contribution in [0.4, 0.5) is 5.69 Å². The summed E-state index contributed by atoms with van der Waals surface area (Å²) in [6.45, 7) is 5.63. The molecule has 1 aliphatic heterocycles. The molecule has 1 N–H and O–H groups in total. The van der Waals surface area contributed by atoms with Gasteiger partial charge in [0.15, 0.2) is 0 Å². The summed E-state index contributed by atoms with van der Waals surface area (Å²) >= 11 is 0. The maximum atomic E-state index is 12.3. The first-order chi connectivity index (χ1) is 8.69. The summed E-state index contributed by atoms with van der Waals surface area (Å²) in [5, 5.41) is 10.00. The molecule has 0 aromatic heterocycles. The Kier molecular flexibility index (Phi) is 3.55. The Labute approximate surface area is 107 Å². The van der Waals surface area contributed by atoms with Crippen LogP contribution in [-0.4, -0.2) is 35.5 Å². The first kappa shape index (κ1) is 12.5. The Bertz CT molecular complexity index is 464. The van der Waals surface area contributed by atoms with E-state index in [0.29, 0.717) is 18.8 Å². The molecule has 1 aromatic rings. The van der Waals surface area contributed by atoms with Crippen molar-refractivity contribution in [3.63, 3.8) is 0 Å². The molecule has 0 radical (unpaired) electrons. The summed E-state index contributed by atoms with van der Waals surface area (Å²) in [4.78, 5) is 15.8. The number of likely N-dealkylation sites (N-methyl/N-ethyl adjacent to an activating group) is 1. The van der Waals surface area contributed by atoms with Crippen molar-refractivity contribution in [3.8, 4) is 0 Å². The van der Waals surface area contributed by atoms with E-state index in [-0.39, 0.29) is 18.2 Å². The number of aliphatic hydroxyl groups is 1. The Balaban J connectivity index is 2.27. The number of amides is 1. The lowest BCUT2D eigenvalue weighted by molar-refractivity contribution is -0.115. The Morgan fingerprint density at radius 3 is 2.39 bits per heavy atom. The van der Waals surface area contributed by atoms with Gasteiger partial charge in [0.1, 0.15) is 11.5 Å². The minimum atomic E-state index is -0.123. The van der Waals surface area contributed by atoms with Crippen molar-refractivity contribution in [2.24, 2.45) is 0 Å². The highest BCUT2D eigenvalue weighted by molar-refractivity contribution is 6.08. The maximum Gasteiger partial charge on any atom is 0.278 e. The van der Waals surface area contributed by atoms with E-state index in [1.807, 2.05) is 49.1 Å². The molecular formula is C14H18N2O2. The van der Waals surface area contributed by atoms with Gasteiger partial charge >= 0.3 is 0 Å². The van der Waals surface area contributed by atoms with Gasteiger partial charge in [-0.3, -0.25) is 9.69 Å². The second-order valence-electron chi connectivity index (χ2n) is 4.19. The van der Waals surface area contributed by atoms with Crippen LogP contribution >= 0.6 is 0 Å².